The van der Waals surface area contributed by atoms with Crippen molar-refractivity contribution >= 4 is 21.6 Å². The minimum atomic E-state index is -3.68. The van der Waals surface area contributed by atoms with E-state index < -0.39 is 15.9 Å². The third kappa shape index (κ3) is 3.74. The van der Waals surface area contributed by atoms with Crippen molar-refractivity contribution in [3.05, 3.63) is 23.3 Å². The van der Waals surface area contributed by atoms with Crippen LogP contribution < -0.4 is 11.1 Å². The van der Waals surface area contributed by atoms with E-state index in [4.69, 9.17) is 5.73 Å². The molecule has 0 aliphatic heterocycles. The molecule has 1 unspecified atom stereocenters. The Bertz CT molecular complexity index is 641. The lowest BCUT2D eigenvalue weighted by molar-refractivity contribution is -0.124. The molecule has 0 fully saturated rings. The van der Waals surface area contributed by atoms with Gasteiger partial charge in [-0.15, -0.1) is 0 Å². The number of nitrogens with two attached hydrogens (primary N) is 1. The van der Waals surface area contributed by atoms with Crippen LogP contribution in [0.15, 0.2) is 17.0 Å². The van der Waals surface area contributed by atoms with Gasteiger partial charge in [0.25, 0.3) is 0 Å². The van der Waals surface area contributed by atoms with Gasteiger partial charge in [0.15, 0.2) is 0 Å². The molecule has 0 bridgehead atoms. The van der Waals surface area contributed by atoms with E-state index in [1.807, 2.05) is 6.92 Å². The minimum Gasteiger partial charge on any atom is -0.399 e. The van der Waals surface area contributed by atoms with Crippen molar-refractivity contribution < 1.29 is 13.2 Å². The van der Waals surface area contributed by atoms with E-state index in [2.05, 4.69) is 5.32 Å². The maximum Gasteiger partial charge on any atom is 0.243 e. The number of amides is 1. The second-order valence-electron chi connectivity index (χ2n) is 5.26. The molecule has 0 spiro atoms. The highest BCUT2D eigenvalue weighted by molar-refractivity contribution is 7.89. The molecular weight excluding hydrogens is 290 g/mol. The predicted molar refractivity (Wildman–Crippen MR) is 83.4 cm³/mol. The molecule has 0 heterocycles. The van der Waals surface area contributed by atoms with Crippen molar-refractivity contribution in [2.24, 2.45) is 5.92 Å². The van der Waals surface area contributed by atoms with Gasteiger partial charge in [-0.05, 0) is 37.1 Å². The average molecular weight is 313 g/mol. The molecule has 1 aromatic carbocycles. The fourth-order valence-corrected chi connectivity index (χ4v) is 3.69. The zero-order valence-electron chi connectivity index (χ0n) is 13.1. The first-order valence-electron chi connectivity index (χ1n) is 6.66. The van der Waals surface area contributed by atoms with Gasteiger partial charge in [-0.2, -0.15) is 0 Å². The summed E-state index contributed by atoms with van der Waals surface area (Å²) in [6.45, 7) is 5.35. The van der Waals surface area contributed by atoms with Gasteiger partial charge in [0.1, 0.15) is 0 Å². The number of hydrogen-bond donors (Lipinski definition) is 2. The summed E-state index contributed by atoms with van der Waals surface area (Å²) in [5, 5.41) is 2.51. The maximum absolute atomic E-state index is 12.6. The van der Waals surface area contributed by atoms with Crippen molar-refractivity contribution in [3.63, 3.8) is 0 Å². The fraction of sp³-hybridized carbons (Fsp3) is 0.500. The molecule has 0 aliphatic carbocycles. The Morgan fingerprint density at radius 2 is 1.95 bits per heavy atom. The number of nitrogen functional groups attached to an aromatic ring is 1. The molecule has 6 nitrogen and oxygen atoms in total. The zero-order valence-corrected chi connectivity index (χ0v) is 13.9. The number of carbonyl (C=O) groups excluding carboxylic acids is 1. The molecule has 118 valence electrons. The van der Waals surface area contributed by atoms with E-state index in [1.165, 1.54) is 24.5 Å². The van der Waals surface area contributed by atoms with Crippen LogP contribution in [0.3, 0.4) is 0 Å². The van der Waals surface area contributed by atoms with Crippen LogP contribution in [-0.2, 0) is 14.8 Å². The molecule has 0 saturated heterocycles. The Kier molecular flexibility index (Phi) is 5.36. The van der Waals surface area contributed by atoms with E-state index >= 15 is 0 Å². The molecule has 3 N–H and O–H groups in total. The first kappa shape index (κ1) is 17.5. The number of nitrogens with zero attached hydrogens (tertiary/aromatic N) is 1. The molecule has 1 aromatic rings. The predicted octanol–water partition coefficient (Wildman–Crippen LogP) is 0.888. The van der Waals surface area contributed by atoms with Crippen molar-refractivity contribution in [3.8, 4) is 0 Å². The van der Waals surface area contributed by atoms with Gasteiger partial charge >= 0.3 is 0 Å². The van der Waals surface area contributed by atoms with Gasteiger partial charge in [0.2, 0.25) is 15.9 Å². The molecule has 21 heavy (non-hydrogen) atoms. The van der Waals surface area contributed by atoms with E-state index in [9.17, 15) is 13.2 Å². The fourth-order valence-electron chi connectivity index (χ4n) is 2.10. The first-order valence-corrected chi connectivity index (χ1v) is 8.10. The number of carbonyl (C=O) groups is 1. The highest BCUT2D eigenvalue weighted by Gasteiger charge is 2.26. The minimum absolute atomic E-state index is 0.106. The summed E-state index contributed by atoms with van der Waals surface area (Å²) in [6.07, 6.45) is 0. The Morgan fingerprint density at radius 3 is 2.48 bits per heavy atom. The van der Waals surface area contributed by atoms with Crippen LogP contribution in [0.2, 0.25) is 0 Å². The maximum atomic E-state index is 12.6. The van der Waals surface area contributed by atoms with Crippen LogP contribution in [0.1, 0.15) is 18.1 Å². The summed E-state index contributed by atoms with van der Waals surface area (Å²) in [6, 6.07) is 3.19. The van der Waals surface area contributed by atoms with E-state index in [1.54, 1.807) is 19.9 Å². The molecule has 0 aliphatic rings. The molecule has 0 radical (unpaired) electrons. The Morgan fingerprint density at radius 1 is 1.38 bits per heavy atom. The van der Waals surface area contributed by atoms with Crippen LogP contribution in [0.5, 0.6) is 0 Å². The molecule has 0 saturated carbocycles. The Balaban J connectivity index is 3.14. The number of anilines is 1. The third-order valence-corrected chi connectivity index (χ3v) is 5.50. The van der Waals surface area contributed by atoms with Crippen LogP contribution >= 0.6 is 0 Å². The van der Waals surface area contributed by atoms with Crippen LogP contribution in [0.25, 0.3) is 0 Å². The number of hydrogen-bond acceptors (Lipinski definition) is 4. The summed E-state index contributed by atoms with van der Waals surface area (Å²) in [5.41, 5.74) is 7.65. The van der Waals surface area contributed by atoms with E-state index in [0.29, 0.717) is 11.3 Å². The van der Waals surface area contributed by atoms with E-state index in [0.717, 1.165) is 5.56 Å². The molecule has 1 rings (SSSR count). The molecule has 7 heteroatoms. The molecular formula is C14H23N3O3S. The second kappa shape index (κ2) is 6.44. The van der Waals surface area contributed by atoms with Gasteiger partial charge < -0.3 is 11.1 Å². The van der Waals surface area contributed by atoms with Crippen LogP contribution in [0, 0.1) is 19.8 Å². The number of sulfonamides is 1. The SMILES string of the molecule is CNC(=O)C(C)CN(C)S(=O)(=O)c1cc(N)cc(C)c1C. The third-order valence-electron chi connectivity index (χ3n) is 3.56. The van der Waals surface area contributed by atoms with Crippen molar-refractivity contribution in [1.29, 1.82) is 0 Å². The largest absolute Gasteiger partial charge is 0.399 e. The number of nitrogens with one attached hydrogen (secondary N) is 1. The van der Waals surface area contributed by atoms with E-state index in [-0.39, 0.29) is 17.3 Å². The summed E-state index contributed by atoms with van der Waals surface area (Å²) < 4.78 is 26.5. The normalized spacial score (nSPS) is 13.2. The second-order valence-corrected chi connectivity index (χ2v) is 7.28. The van der Waals surface area contributed by atoms with Crippen molar-refractivity contribution in [1.82, 2.24) is 9.62 Å². The smallest absolute Gasteiger partial charge is 0.243 e. The first-order chi connectivity index (χ1) is 9.61. The van der Waals surface area contributed by atoms with Gasteiger partial charge in [-0.25, -0.2) is 12.7 Å². The average Bonchev–Trinajstić information content (AvgIpc) is 2.41. The molecule has 0 aromatic heterocycles. The summed E-state index contributed by atoms with van der Waals surface area (Å²) in [5.74, 6) is -0.630. The topological polar surface area (TPSA) is 92.5 Å². The number of aryl methyl sites for hydroxylation is 1. The van der Waals surface area contributed by atoms with Crippen LogP contribution in [0.4, 0.5) is 5.69 Å². The van der Waals surface area contributed by atoms with Gasteiger partial charge in [0, 0.05) is 32.2 Å². The lowest BCUT2D eigenvalue weighted by atomic mass is 10.1. The number of benzene rings is 1. The lowest BCUT2D eigenvalue weighted by Gasteiger charge is -2.22. The molecule has 1 amide bonds. The standard InChI is InChI=1S/C14H23N3O3S/c1-9-6-12(15)7-13(11(9)3)21(19,20)17(5)8-10(2)14(18)16-4/h6-7,10H,8,15H2,1-5H3,(H,16,18). The highest BCUT2D eigenvalue weighted by atomic mass is 32.2. The summed E-state index contributed by atoms with van der Waals surface area (Å²) >= 11 is 0. The lowest BCUT2D eigenvalue weighted by Crippen LogP contribution is -2.37. The zero-order chi connectivity index (χ0) is 16.4. The van der Waals surface area contributed by atoms with Crippen molar-refractivity contribution in [2.45, 2.75) is 25.7 Å². The highest BCUT2D eigenvalue weighted by Crippen LogP contribution is 2.25. The summed E-state index contributed by atoms with van der Waals surface area (Å²) in [4.78, 5) is 11.7. The Labute approximate surface area is 126 Å². The Hall–Kier alpha value is -1.60. The quantitative estimate of drug-likeness (QED) is 0.790. The number of rotatable bonds is 5. The van der Waals surface area contributed by atoms with Crippen molar-refractivity contribution in [2.75, 3.05) is 26.4 Å². The monoisotopic (exact) mass is 313 g/mol. The molecule has 1 atom stereocenters. The van der Waals surface area contributed by atoms with Gasteiger partial charge in [0.05, 0.1) is 4.90 Å². The van der Waals surface area contributed by atoms with Crippen LogP contribution in [-0.4, -0.2) is 39.3 Å². The van der Waals surface area contributed by atoms with Gasteiger partial charge in [-0.3, -0.25) is 4.79 Å². The van der Waals surface area contributed by atoms with Gasteiger partial charge in [-0.1, -0.05) is 6.92 Å². The summed E-state index contributed by atoms with van der Waals surface area (Å²) in [7, 11) is -0.687.